The van der Waals surface area contributed by atoms with Gasteiger partial charge in [-0.1, -0.05) is 0 Å². The summed E-state index contributed by atoms with van der Waals surface area (Å²) in [4.78, 5) is 16.1. The molecule has 0 spiro atoms. The number of halogens is 1. The number of ether oxygens (including phenoxy) is 1. The summed E-state index contributed by atoms with van der Waals surface area (Å²) in [6.07, 6.45) is 0. The highest BCUT2D eigenvalue weighted by Crippen LogP contribution is 2.21. The fourth-order valence-electron chi connectivity index (χ4n) is 1.57. The van der Waals surface area contributed by atoms with Crippen LogP contribution in [0.4, 0.5) is 0 Å². The molecule has 3 nitrogen and oxygen atoms in total. The standard InChI is InChI=1S/C13H20ClNO2S/c1-4-15(6-8-17-7-5-14)13(16)12-9-10(2)11(3)18-12/h9H,4-8H2,1-3H3. The van der Waals surface area contributed by atoms with Gasteiger partial charge in [0.15, 0.2) is 0 Å². The van der Waals surface area contributed by atoms with Crippen LogP contribution in [0.3, 0.4) is 0 Å². The maximum atomic E-state index is 12.3. The Morgan fingerprint density at radius 1 is 1.44 bits per heavy atom. The van der Waals surface area contributed by atoms with E-state index in [4.69, 9.17) is 16.3 Å². The van der Waals surface area contributed by atoms with E-state index in [2.05, 4.69) is 0 Å². The maximum Gasteiger partial charge on any atom is 0.264 e. The van der Waals surface area contributed by atoms with Crippen molar-refractivity contribution < 1.29 is 9.53 Å². The third-order valence-corrected chi connectivity index (χ3v) is 4.07. The average Bonchev–Trinajstić information content (AvgIpc) is 2.69. The second-order valence-corrected chi connectivity index (χ2v) is 5.67. The highest BCUT2D eigenvalue weighted by molar-refractivity contribution is 7.14. The first-order chi connectivity index (χ1) is 8.60. The zero-order valence-corrected chi connectivity index (χ0v) is 12.7. The molecule has 102 valence electrons. The summed E-state index contributed by atoms with van der Waals surface area (Å²) in [5, 5.41) is 0. The number of rotatable bonds is 7. The van der Waals surface area contributed by atoms with Crippen LogP contribution in [0.1, 0.15) is 27.0 Å². The fraction of sp³-hybridized carbons (Fsp3) is 0.615. The summed E-state index contributed by atoms with van der Waals surface area (Å²) in [5.74, 6) is 0.580. The smallest absolute Gasteiger partial charge is 0.264 e. The van der Waals surface area contributed by atoms with Gasteiger partial charge in [0.1, 0.15) is 0 Å². The molecule has 0 fully saturated rings. The number of hydrogen-bond acceptors (Lipinski definition) is 3. The second kappa shape index (κ2) is 7.77. The Bertz CT molecular complexity index is 373. The molecule has 0 bridgehead atoms. The highest BCUT2D eigenvalue weighted by Gasteiger charge is 2.16. The Hall–Kier alpha value is -0.580. The number of carbonyl (C=O) groups excluding carboxylic acids is 1. The van der Waals surface area contributed by atoms with E-state index in [9.17, 15) is 4.79 Å². The first-order valence-electron chi connectivity index (χ1n) is 6.10. The van der Waals surface area contributed by atoms with Crippen molar-refractivity contribution in [3.63, 3.8) is 0 Å². The molecule has 18 heavy (non-hydrogen) atoms. The normalized spacial score (nSPS) is 10.7. The lowest BCUT2D eigenvalue weighted by molar-refractivity contribution is 0.0675. The van der Waals surface area contributed by atoms with Gasteiger partial charge in [0.05, 0.1) is 18.1 Å². The van der Waals surface area contributed by atoms with Gasteiger partial charge in [0, 0.05) is 23.8 Å². The van der Waals surface area contributed by atoms with E-state index in [0.717, 1.165) is 4.88 Å². The Morgan fingerprint density at radius 2 is 2.17 bits per heavy atom. The first-order valence-corrected chi connectivity index (χ1v) is 7.45. The molecule has 5 heteroatoms. The van der Waals surface area contributed by atoms with Crippen molar-refractivity contribution in [2.45, 2.75) is 20.8 Å². The van der Waals surface area contributed by atoms with Crippen molar-refractivity contribution in [1.82, 2.24) is 4.90 Å². The molecule has 0 aliphatic rings. The second-order valence-electron chi connectivity index (χ2n) is 4.04. The molecule has 0 saturated carbocycles. The summed E-state index contributed by atoms with van der Waals surface area (Å²) in [5.41, 5.74) is 1.18. The molecule has 0 aliphatic carbocycles. The van der Waals surface area contributed by atoms with Gasteiger partial charge < -0.3 is 9.64 Å². The number of aryl methyl sites for hydroxylation is 2. The van der Waals surface area contributed by atoms with E-state index >= 15 is 0 Å². The van der Waals surface area contributed by atoms with Crippen LogP contribution < -0.4 is 0 Å². The van der Waals surface area contributed by atoms with Crippen LogP contribution in [0, 0.1) is 13.8 Å². The Balaban J connectivity index is 2.56. The highest BCUT2D eigenvalue weighted by atomic mass is 35.5. The molecule has 1 amide bonds. The van der Waals surface area contributed by atoms with Crippen LogP contribution in [-0.2, 0) is 4.74 Å². The molecular weight excluding hydrogens is 270 g/mol. The number of carbonyl (C=O) groups is 1. The van der Waals surface area contributed by atoms with E-state index in [1.54, 1.807) is 16.2 Å². The van der Waals surface area contributed by atoms with E-state index < -0.39 is 0 Å². The predicted molar refractivity (Wildman–Crippen MR) is 76.9 cm³/mol. The lowest BCUT2D eigenvalue weighted by Gasteiger charge is -2.19. The molecule has 1 rings (SSSR count). The molecule has 1 aromatic rings. The van der Waals surface area contributed by atoms with Gasteiger partial charge in [-0.05, 0) is 32.4 Å². The lowest BCUT2D eigenvalue weighted by Crippen LogP contribution is -2.33. The van der Waals surface area contributed by atoms with Crippen molar-refractivity contribution in [1.29, 1.82) is 0 Å². The summed E-state index contributed by atoms with van der Waals surface area (Å²) in [6, 6.07) is 1.96. The molecule has 0 radical (unpaired) electrons. The Labute approximate surface area is 118 Å². The molecule has 0 atom stereocenters. The monoisotopic (exact) mass is 289 g/mol. The van der Waals surface area contributed by atoms with Crippen LogP contribution in [0.5, 0.6) is 0 Å². The van der Waals surface area contributed by atoms with Crippen LogP contribution in [0.15, 0.2) is 6.07 Å². The van der Waals surface area contributed by atoms with Gasteiger partial charge in [-0.3, -0.25) is 4.79 Å². The largest absolute Gasteiger partial charge is 0.378 e. The minimum Gasteiger partial charge on any atom is -0.378 e. The van der Waals surface area contributed by atoms with E-state index in [0.29, 0.717) is 32.2 Å². The van der Waals surface area contributed by atoms with Gasteiger partial charge in [0.25, 0.3) is 5.91 Å². The summed E-state index contributed by atoms with van der Waals surface area (Å²) < 4.78 is 5.31. The molecular formula is C13H20ClNO2S. The molecule has 0 N–H and O–H groups in total. The zero-order valence-electron chi connectivity index (χ0n) is 11.2. The number of alkyl halides is 1. The number of hydrogen-bond donors (Lipinski definition) is 0. The molecule has 0 unspecified atom stereocenters. The minimum atomic E-state index is 0.0909. The number of nitrogens with zero attached hydrogens (tertiary/aromatic N) is 1. The predicted octanol–water partition coefficient (Wildman–Crippen LogP) is 3.08. The van der Waals surface area contributed by atoms with Gasteiger partial charge in [-0.25, -0.2) is 0 Å². The van der Waals surface area contributed by atoms with E-state index in [-0.39, 0.29) is 5.91 Å². The van der Waals surface area contributed by atoms with E-state index in [1.165, 1.54) is 10.4 Å². The number of amides is 1. The third kappa shape index (κ3) is 4.26. The van der Waals surface area contributed by atoms with Crippen LogP contribution in [0.25, 0.3) is 0 Å². The molecule has 0 aliphatic heterocycles. The zero-order chi connectivity index (χ0) is 13.5. The van der Waals surface area contributed by atoms with Gasteiger partial charge in [0.2, 0.25) is 0 Å². The fourth-order valence-corrected chi connectivity index (χ4v) is 2.68. The van der Waals surface area contributed by atoms with Crippen molar-refractivity contribution in [2.75, 3.05) is 32.2 Å². The van der Waals surface area contributed by atoms with E-state index in [1.807, 2.05) is 26.8 Å². The molecule has 0 aromatic carbocycles. The first kappa shape index (κ1) is 15.5. The van der Waals surface area contributed by atoms with Gasteiger partial charge >= 0.3 is 0 Å². The van der Waals surface area contributed by atoms with Crippen LogP contribution in [0.2, 0.25) is 0 Å². The maximum absolute atomic E-state index is 12.3. The molecule has 1 heterocycles. The van der Waals surface area contributed by atoms with Crippen LogP contribution >= 0.6 is 22.9 Å². The minimum absolute atomic E-state index is 0.0909. The van der Waals surface area contributed by atoms with Crippen molar-refractivity contribution in [3.8, 4) is 0 Å². The summed E-state index contributed by atoms with van der Waals surface area (Å²) in [7, 11) is 0. The van der Waals surface area contributed by atoms with Gasteiger partial charge in [-0.15, -0.1) is 22.9 Å². The summed E-state index contributed by atoms with van der Waals surface area (Å²) >= 11 is 7.08. The number of thiophene rings is 1. The third-order valence-electron chi connectivity index (χ3n) is 2.77. The summed E-state index contributed by atoms with van der Waals surface area (Å²) in [6.45, 7) is 8.42. The SMILES string of the molecule is CCN(CCOCCCl)C(=O)c1cc(C)c(C)s1. The Kier molecular flexibility index (Phi) is 6.68. The Morgan fingerprint density at radius 3 is 2.67 bits per heavy atom. The van der Waals surface area contributed by atoms with Gasteiger partial charge in [-0.2, -0.15) is 0 Å². The number of likely N-dealkylation sites (N-methyl/N-ethyl adjacent to an activating group) is 1. The lowest BCUT2D eigenvalue weighted by atomic mass is 10.2. The quantitative estimate of drug-likeness (QED) is 0.570. The van der Waals surface area contributed by atoms with Crippen molar-refractivity contribution >= 4 is 28.8 Å². The average molecular weight is 290 g/mol. The molecule has 1 aromatic heterocycles. The van der Waals surface area contributed by atoms with Crippen molar-refractivity contribution in [3.05, 3.63) is 21.4 Å². The van der Waals surface area contributed by atoms with Crippen LogP contribution in [-0.4, -0.2) is 43.0 Å². The van der Waals surface area contributed by atoms with Crippen molar-refractivity contribution in [2.24, 2.45) is 0 Å². The molecule has 0 saturated heterocycles. The topological polar surface area (TPSA) is 29.5 Å².